The van der Waals surface area contributed by atoms with Crippen LogP contribution in [0.4, 0.5) is 0 Å². The molecule has 1 saturated carbocycles. The second kappa shape index (κ2) is 1.71. The van der Waals surface area contributed by atoms with Gasteiger partial charge in [0.05, 0.1) is 6.10 Å². The summed E-state index contributed by atoms with van der Waals surface area (Å²) in [4.78, 5) is 0.699. The smallest absolute Gasteiger partial charge is 0.0743 e. The summed E-state index contributed by atoms with van der Waals surface area (Å²) in [5.74, 6) is 0.865. The third-order valence-electron chi connectivity index (χ3n) is 2.00. The Bertz CT molecular complexity index is 92.7. The topological polar surface area (TPSA) is 9.23 Å². The van der Waals surface area contributed by atoms with E-state index in [0.717, 1.165) is 12.5 Å². The number of ether oxygens (including phenoxy) is 1. The van der Waals surface area contributed by atoms with Crippen molar-refractivity contribution in [2.24, 2.45) is 5.92 Å². The molecular formula is C6H9BrO. The van der Waals surface area contributed by atoms with E-state index in [1.165, 1.54) is 12.8 Å². The zero-order valence-corrected chi connectivity index (χ0v) is 6.23. The molecule has 0 bridgehead atoms. The maximum Gasteiger partial charge on any atom is 0.0743 e. The van der Waals surface area contributed by atoms with Gasteiger partial charge in [0.2, 0.25) is 0 Å². The molecule has 0 amide bonds. The van der Waals surface area contributed by atoms with Crippen LogP contribution in [0.5, 0.6) is 0 Å². The normalized spacial score (nSPS) is 52.9. The van der Waals surface area contributed by atoms with Crippen molar-refractivity contribution in [3.05, 3.63) is 0 Å². The van der Waals surface area contributed by atoms with Crippen LogP contribution in [-0.2, 0) is 4.74 Å². The lowest BCUT2D eigenvalue weighted by atomic mass is 10.2. The summed E-state index contributed by atoms with van der Waals surface area (Å²) < 4.78 is 5.42. The second-order valence-corrected chi connectivity index (χ2v) is 3.64. The maximum atomic E-state index is 5.42. The number of alkyl halides is 1. The standard InChI is InChI=1S/C6H9BrO/c7-5-4-2-1-3-8-6(4)5/h4-6H,1-3H2. The molecule has 1 nitrogen and oxygen atoms in total. The minimum absolute atomic E-state index is 0.587. The van der Waals surface area contributed by atoms with Crippen LogP contribution in [0.25, 0.3) is 0 Å². The number of hydrogen-bond acceptors (Lipinski definition) is 1. The Morgan fingerprint density at radius 2 is 2.38 bits per heavy atom. The molecule has 0 aromatic heterocycles. The summed E-state index contributed by atoms with van der Waals surface area (Å²) in [6.07, 6.45) is 3.23. The second-order valence-electron chi connectivity index (χ2n) is 2.59. The first-order chi connectivity index (χ1) is 3.89. The van der Waals surface area contributed by atoms with E-state index >= 15 is 0 Å². The monoisotopic (exact) mass is 176 g/mol. The average Bonchev–Trinajstić information content (AvgIpc) is 2.46. The van der Waals surface area contributed by atoms with Crippen LogP contribution in [0.1, 0.15) is 12.8 Å². The van der Waals surface area contributed by atoms with Gasteiger partial charge < -0.3 is 4.74 Å². The van der Waals surface area contributed by atoms with E-state index in [4.69, 9.17) is 4.74 Å². The molecule has 1 saturated heterocycles. The summed E-state index contributed by atoms with van der Waals surface area (Å²) in [7, 11) is 0. The molecule has 0 spiro atoms. The van der Waals surface area contributed by atoms with E-state index in [2.05, 4.69) is 15.9 Å². The molecular weight excluding hydrogens is 168 g/mol. The predicted octanol–water partition coefficient (Wildman–Crippen LogP) is 1.56. The van der Waals surface area contributed by atoms with Gasteiger partial charge in [-0.3, -0.25) is 0 Å². The van der Waals surface area contributed by atoms with Crippen LogP contribution in [-0.4, -0.2) is 17.5 Å². The van der Waals surface area contributed by atoms with Crippen molar-refractivity contribution >= 4 is 15.9 Å². The van der Waals surface area contributed by atoms with Crippen LogP contribution in [0, 0.1) is 5.92 Å². The third-order valence-corrected chi connectivity index (χ3v) is 3.20. The number of fused-ring (bicyclic) bond motifs is 1. The van der Waals surface area contributed by atoms with Gasteiger partial charge in [-0.15, -0.1) is 0 Å². The van der Waals surface area contributed by atoms with E-state index in [9.17, 15) is 0 Å². The minimum atomic E-state index is 0.587. The molecule has 0 aromatic carbocycles. The van der Waals surface area contributed by atoms with Crippen LogP contribution in [0.2, 0.25) is 0 Å². The van der Waals surface area contributed by atoms with Crippen LogP contribution in [0.3, 0.4) is 0 Å². The quantitative estimate of drug-likeness (QED) is 0.510. The highest BCUT2D eigenvalue weighted by Gasteiger charge is 2.50. The molecule has 46 valence electrons. The van der Waals surface area contributed by atoms with E-state index < -0.39 is 0 Å². The lowest BCUT2D eigenvalue weighted by Crippen LogP contribution is -2.05. The molecule has 2 rings (SSSR count). The summed E-state index contributed by atoms with van der Waals surface area (Å²) in [6.45, 7) is 0.989. The zero-order chi connectivity index (χ0) is 5.56. The molecule has 0 aromatic rings. The molecule has 3 atom stereocenters. The van der Waals surface area contributed by atoms with Crippen molar-refractivity contribution in [2.75, 3.05) is 6.61 Å². The highest BCUT2D eigenvalue weighted by molar-refractivity contribution is 9.09. The van der Waals surface area contributed by atoms with Gasteiger partial charge in [-0.25, -0.2) is 0 Å². The molecule has 2 aliphatic rings. The molecule has 8 heavy (non-hydrogen) atoms. The minimum Gasteiger partial charge on any atom is -0.377 e. The van der Waals surface area contributed by atoms with Gasteiger partial charge in [0.25, 0.3) is 0 Å². The molecule has 3 unspecified atom stereocenters. The molecule has 2 heteroatoms. The van der Waals surface area contributed by atoms with Crippen LogP contribution >= 0.6 is 15.9 Å². The fourth-order valence-electron chi connectivity index (χ4n) is 1.38. The predicted molar refractivity (Wildman–Crippen MR) is 35.2 cm³/mol. The van der Waals surface area contributed by atoms with Gasteiger partial charge in [-0.1, -0.05) is 15.9 Å². The summed E-state index contributed by atoms with van der Waals surface area (Å²) in [5, 5.41) is 0. The molecule has 0 N–H and O–H groups in total. The Balaban J connectivity index is 1.97. The Hall–Kier alpha value is 0.440. The van der Waals surface area contributed by atoms with Crippen LogP contribution in [0.15, 0.2) is 0 Å². The van der Waals surface area contributed by atoms with Gasteiger partial charge in [-0.2, -0.15) is 0 Å². The highest BCUT2D eigenvalue weighted by atomic mass is 79.9. The Morgan fingerprint density at radius 1 is 1.50 bits per heavy atom. The first kappa shape index (κ1) is 5.24. The molecule has 1 heterocycles. The maximum absolute atomic E-state index is 5.42. The van der Waals surface area contributed by atoms with E-state index in [-0.39, 0.29) is 0 Å². The fraction of sp³-hybridized carbons (Fsp3) is 1.00. The van der Waals surface area contributed by atoms with Gasteiger partial charge in [0, 0.05) is 17.4 Å². The Kier molecular flexibility index (Phi) is 1.12. The van der Waals surface area contributed by atoms with Crippen molar-refractivity contribution < 1.29 is 4.74 Å². The van der Waals surface area contributed by atoms with E-state index in [1.54, 1.807) is 0 Å². The fourth-order valence-corrected chi connectivity index (χ4v) is 2.31. The van der Waals surface area contributed by atoms with Gasteiger partial charge in [-0.05, 0) is 12.8 Å². The lowest BCUT2D eigenvalue weighted by Gasteiger charge is -2.07. The number of halogens is 1. The van der Waals surface area contributed by atoms with Crippen molar-refractivity contribution in [3.63, 3.8) is 0 Å². The number of rotatable bonds is 0. The van der Waals surface area contributed by atoms with E-state index in [0.29, 0.717) is 10.9 Å². The van der Waals surface area contributed by atoms with Crippen molar-refractivity contribution in [3.8, 4) is 0 Å². The van der Waals surface area contributed by atoms with Gasteiger partial charge in [0.1, 0.15) is 0 Å². The average molecular weight is 177 g/mol. The summed E-state index contributed by atoms with van der Waals surface area (Å²) >= 11 is 3.55. The van der Waals surface area contributed by atoms with Gasteiger partial charge >= 0.3 is 0 Å². The largest absolute Gasteiger partial charge is 0.377 e. The Labute approximate surface area is 57.5 Å². The number of hydrogen-bond donors (Lipinski definition) is 0. The van der Waals surface area contributed by atoms with Crippen molar-refractivity contribution in [1.82, 2.24) is 0 Å². The molecule has 1 aliphatic heterocycles. The van der Waals surface area contributed by atoms with Crippen molar-refractivity contribution in [2.45, 2.75) is 23.8 Å². The first-order valence-electron chi connectivity index (χ1n) is 3.15. The van der Waals surface area contributed by atoms with Crippen LogP contribution < -0.4 is 0 Å². The lowest BCUT2D eigenvalue weighted by molar-refractivity contribution is 0.0804. The molecule has 1 aliphatic carbocycles. The van der Waals surface area contributed by atoms with Crippen molar-refractivity contribution in [1.29, 1.82) is 0 Å². The van der Waals surface area contributed by atoms with E-state index in [1.807, 2.05) is 0 Å². The third kappa shape index (κ3) is 0.627. The zero-order valence-electron chi connectivity index (χ0n) is 4.64. The highest BCUT2D eigenvalue weighted by Crippen LogP contribution is 2.46. The molecule has 0 radical (unpaired) electrons. The Morgan fingerprint density at radius 3 is 2.88 bits per heavy atom. The SMILES string of the molecule is BrC1C2CCCOC12. The first-order valence-corrected chi connectivity index (χ1v) is 4.07. The molecule has 2 fully saturated rings. The summed E-state index contributed by atoms with van der Waals surface area (Å²) in [6, 6.07) is 0. The summed E-state index contributed by atoms with van der Waals surface area (Å²) in [5.41, 5.74) is 0. The van der Waals surface area contributed by atoms with Gasteiger partial charge in [0.15, 0.2) is 0 Å².